The third-order valence-corrected chi connectivity index (χ3v) is 5.20. The second-order valence-corrected chi connectivity index (χ2v) is 8.37. The molecule has 28 heavy (non-hydrogen) atoms. The van der Waals surface area contributed by atoms with Gasteiger partial charge in [0.05, 0.1) is 13.7 Å². The van der Waals surface area contributed by atoms with Crippen LogP contribution in [-0.4, -0.2) is 35.5 Å². The molecule has 1 heterocycles. The normalized spacial score (nSPS) is 11.0. The molecule has 0 saturated heterocycles. The summed E-state index contributed by atoms with van der Waals surface area (Å²) in [6, 6.07) is 7.73. The number of methoxy groups -OCH3 is 1. The van der Waals surface area contributed by atoms with Crippen LogP contribution in [0.1, 0.15) is 61.1 Å². The van der Waals surface area contributed by atoms with Gasteiger partial charge in [-0.2, -0.15) is 0 Å². The first kappa shape index (κ1) is 21.9. The number of rotatable bonds is 8. The van der Waals surface area contributed by atoms with Gasteiger partial charge >= 0.3 is 12.0 Å². The maximum atomic E-state index is 12.8. The van der Waals surface area contributed by atoms with E-state index < -0.39 is 5.97 Å². The molecule has 0 aliphatic heterocycles. The van der Waals surface area contributed by atoms with E-state index in [1.54, 1.807) is 10.3 Å². The summed E-state index contributed by atoms with van der Waals surface area (Å²) in [7, 11) is 1.33. The van der Waals surface area contributed by atoms with Gasteiger partial charge in [-0.05, 0) is 36.0 Å². The number of nitrogens with one attached hydrogen (secondary N) is 1. The lowest BCUT2D eigenvalue weighted by atomic mass is 10.0. The van der Waals surface area contributed by atoms with Gasteiger partial charge in [0.25, 0.3) is 0 Å². The second kappa shape index (κ2) is 10.2. The molecule has 1 aromatic heterocycles. The predicted octanol–water partition coefficient (Wildman–Crippen LogP) is 5.13. The van der Waals surface area contributed by atoms with Crippen LogP contribution < -0.4 is 5.32 Å². The maximum Gasteiger partial charge on any atom is 0.357 e. The molecular weight excluding hydrogens is 374 g/mol. The van der Waals surface area contributed by atoms with Gasteiger partial charge in [0, 0.05) is 17.6 Å². The lowest BCUT2D eigenvalue weighted by Crippen LogP contribution is -2.35. The Kier molecular flexibility index (Phi) is 7.99. The number of nitrogens with zero attached hydrogens (tertiary/aromatic N) is 2. The minimum Gasteiger partial charge on any atom is -0.464 e. The number of aromatic nitrogens is 1. The molecule has 1 N–H and O–H groups in total. The van der Waals surface area contributed by atoms with E-state index in [2.05, 4.69) is 38.0 Å². The number of hydrogen-bond acceptors (Lipinski definition) is 5. The molecule has 2 aromatic rings. The molecule has 0 spiro atoms. The Bertz CT molecular complexity index is 784. The molecule has 0 bridgehead atoms. The maximum absolute atomic E-state index is 12.8. The molecule has 0 fully saturated rings. The zero-order chi connectivity index (χ0) is 20.7. The molecular formula is C21H29N3O3S. The van der Waals surface area contributed by atoms with Crippen molar-refractivity contribution in [2.75, 3.05) is 19.0 Å². The highest BCUT2D eigenvalue weighted by Crippen LogP contribution is 2.19. The van der Waals surface area contributed by atoms with Crippen molar-refractivity contribution in [2.24, 2.45) is 5.92 Å². The standard InChI is InChI=1S/C21H29N3O3S/c1-14(2)10-11-24(12-19-23-18(13-28-19)20(25)27-5)21(26)22-17-8-6-16(7-9-17)15(3)4/h6-9,13-15H,10-12H2,1-5H3,(H,22,26). The summed E-state index contributed by atoms with van der Waals surface area (Å²) in [4.78, 5) is 30.5. The minimum atomic E-state index is -0.467. The molecule has 6 nitrogen and oxygen atoms in total. The van der Waals surface area contributed by atoms with Crippen LogP contribution in [-0.2, 0) is 11.3 Å². The van der Waals surface area contributed by atoms with Crippen molar-refractivity contribution in [3.63, 3.8) is 0 Å². The zero-order valence-electron chi connectivity index (χ0n) is 17.2. The van der Waals surface area contributed by atoms with E-state index in [-0.39, 0.29) is 11.7 Å². The smallest absolute Gasteiger partial charge is 0.357 e. The van der Waals surface area contributed by atoms with E-state index >= 15 is 0 Å². The summed E-state index contributed by atoms with van der Waals surface area (Å²) >= 11 is 1.35. The Morgan fingerprint density at radius 3 is 2.43 bits per heavy atom. The summed E-state index contributed by atoms with van der Waals surface area (Å²) in [6.45, 7) is 9.49. The van der Waals surface area contributed by atoms with Crippen LogP contribution in [0.25, 0.3) is 0 Å². The Morgan fingerprint density at radius 2 is 1.86 bits per heavy atom. The SMILES string of the molecule is COC(=O)c1csc(CN(CCC(C)C)C(=O)Nc2ccc(C(C)C)cc2)n1. The summed E-state index contributed by atoms with van der Waals surface area (Å²) in [5, 5.41) is 5.33. The van der Waals surface area contributed by atoms with Crippen molar-refractivity contribution in [2.45, 2.75) is 46.6 Å². The van der Waals surface area contributed by atoms with E-state index in [4.69, 9.17) is 4.74 Å². The van der Waals surface area contributed by atoms with Gasteiger partial charge in [-0.1, -0.05) is 39.8 Å². The lowest BCUT2D eigenvalue weighted by Gasteiger charge is -2.23. The summed E-state index contributed by atoms with van der Waals surface area (Å²) in [6.07, 6.45) is 0.884. The molecule has 2 amide bonds. The molecule has 0 saturated carbocycles. The molecule has 0 atom stereocenters. The highest BCUT2D eigenvalue weighted by atomic mass is 32.1. The topological polar surface area (TPSA) is 71.5 Å². The van der Waals surface area contributed by atoms with Crippen molar-refractivity contribution >= 4 is 29.0 Å². The van der Waals surface area contributed by atoms with Crippen molar-refractivity contribution in [3.05, 3.63) is 45.9 Å². The van der Waals surface area contributed by atoms with Gasteiger partial charge < -0.3 is 15.0 Å². The lowest BCUT2D eigenvalue weighted by molar-refractivity contribution is 0.0594. The van der Waals surface area contributed by atoms with Crippen molar-refractivity contribution in [1.82, 2.24) is 9.88 Å². The van der Waals surface area contributed by atoms with E-state index in [0.717, 1.165) is 12.1 Å². The van der Waals surface area contributed by atoms with E-state index in [9.17, 15) is 9.59 Å². The van der Waals surface area contributed by atoms with Crippen molar-refractivity contribution in [1.29, 1.82) is 0 Å². The number of esters is 1. The summed E-state index contributed by atoms with van der Waals surface area (Å²) < 4.78 is 4.70. The van der Waals surface area contributed by atoms with E-state index in [1.807, 2.05) is 24.3 Å². The van der Waals surface area contributed by atoms with Crippen LogP contribution in [0.3, 0.4) is 0 Å². The van der Waals surface area contributed by atoms with Crippen LogP contribution in [0.15, 0.2) is 29.6 Å². The molecule has 0 radical (unpaired) electrons. The highest BCUT2D eigenvalue weighted by Gasteiger charge is 2.18. The highest BCUT2D eigenvalue weighted by molar-refractivity contribution is 7.09. The number of thiazole rings is 1. The number of carbonyl (C=O) groups is 2. The number of urea groups is 1. The molecule has 0 aliphatic rings. The largest absolute Gasteiger partial charge is 0.464 e. The predicted molar refractivity (Wildman–Crippen MR) is 113 cm³/mol. The van der Waals surface area contributed by atoms with Gasteiger partial charge in [0.15, 0.2) is 5.69 Å². The molecule has 0 unspecified atom stereocenters. The van der Waals surface area contributed by atoms with Crippen molar-refractivity contribution in [3.8, 4) is 0 Å². The molecule has 152 valence electrons. The van der Waals surface area contributed by atoms with E-state index in [1.165, 1.54) is 24.0 Å². The average Bonchev–Trinajstić information content (AvgIpc) is 3.13. The first-order valence-corrected chi connectivity index (χ1v) is 10.4. The monoisotopic (exact) mass is 403 g/mol. The Labute approximate surface area is 170 Å². The number of carbonyl (C=O) groups excluding carboxylic acids is 2. The van der Waals surface area contributed by atoms with Gasteiger partial charge in [0.2, 0.25) is 0 Å². The van der Waals surface area contributed by atoms with Crippen LogP contribution in [0, 0.1) is 5.92 Å². The Morgan fingerprint density at radius 1 is 1.18 bits per heavy atom. The Balaban J connectivity index is 2.09. The third-order valence-electron chi connectivity index (χ3n) is 4.36. The molecule has 7 heteroatoms. The van der Waals surface area contributed by atoms with Crippen LogP contribution in [0.2, 0.25) is 0 Å². The van der Waals surface area contributed by atoms with Crippen LogP contribution in [0.4, 0.5) is 10.5 Å². The zero-order valence-corrected chi connectivity index (χ0v) is 18.0. The minimum absolute atomic E-state index is 0.173. The third kappa shape index (κ3) is 6.34. The fourth-order valence-electron chi connectivity index (χ4n) is 2.57. The van der Waals surface area contributed by atoms with E-state index in [0.29, 0.717) is 29.9 Å². The fourth-order valence-corrected chi connectivity index (χ4v) is 3.34. The van der Waals surface area contributed by atoms with Gasteiger partial charge in [0.1, 0.15) is 5.01 Å². The summed E-state index contributed by atoms with van der Waals surface area (Å²) in [5.41, 5.74) is 2.27. The number of amides is 2. The number of anilines is 1. The second-order valence-electron chi connectivity index (χ2n) is 7.43. The van der Waals surface area contributed by atoms with Gasteiger partial charge in [-0.25, -0.2) is 14.6 Å². The first-order chi connectivity index (χ1) is 13.3. The quantitative estimate of drug-likeness (QED) is 0.620. The molecule has 0 aliphatic carbocycles. The number of benzene rings is 1. The number of ether oxygens (including phenoxy) is 1. The summed E-state index contributed by atoms with van der Waals surface area (Å²) in [5.74, 6) is 0.453. The van der Waals surface area contributed by atoms with Crippen molar-refractivity contribution < 1.29 is 14.3 Å². The molecule has 1 aromatic carbocycles. The average molecular weight is 404 g/mol. The fraction of sp³-hybridized carbons (Fsp3) is 0.476. The van der Waals surface area contributed by atoms with Gasteiger partial charge in [-0.3, -0.25) is 0 Å². The van der Waals surface area contributed by atoms with Crippen LogP contribution in [0.5, 0.6) is 0 Å². The first-order valence-electron chi connectivity index (χ1n) is 9.48. The van der Waals surface area contributed by atoms with Crippen LogP contribution >= 0.6 is 11.3 Å². The number of hydrogen-bond donors (Lipinski definition) is 1. The molecule has 2 rings (SSSR count). The Hall–Kier alpha value is -2.41. The van der Waals surface area contributed by atoms with Gasteiger partial charge in [-0.15, -0.1) is 11.3 Å².